The molecule has 2 aromatic rings. The Kier molecular flexibility index (Phi) is 4.32. The highest BCUT2D eigenvalue weighted by atomic mass is 32.2. The maximum atomic E-state index is 12.5. The van der Waals surface area contributed by atoms with Gasteiger partial charge in [0.05, 0.1) is 23.3 Å². The Hall–Kier alpha value is -1.83. The summed E-state index contributed by atoms with van der Waals surface area (Å²) in [5, 5.41) is 8.47. The molecular weight excluding hydrogens is 302 g/mol. The van der Waals surface area contributed by atoms with Crippen molar-refractivity contribution in [2.24, 2.45) is 0 Å². The normalized spacial score (nSPS) is 12.4. The smallest absolute Gasteiger partial charge is 0.265 e. The Bertz CT molecular complexity index is 771. The molecule has 0 aromatic carbocycles. The first-order chi connectivity index (χ1) is 10.1. The van der Waals surface area contributed by atoms with Crippen LogP contribution in [0.2, 0.25) is 0 Å². The van der Waals surface area contributed by atoms with Crippen molar-refractivity contribution >= 4 is 15.7 Å². The number of rotatable bonds is 5. The molecule has 0 aliphatic carbocycles. The van der Waals surface area contributed by atoms with Gasteiger partial charge in [-0.15, -0.1) is 0 Å². The maximum Gasteiger partial charge on any atom is 0.265 e. The molecule has 2 rings (SSSR count). The minimum Gasteiger partial charge on any atom is -0.276 e. The molecule has 0 saturated heterocycles. The highest BCUT2D eigenvalue weighted by Crippen LogP contribution is 2.25. The second kappa shape index (κ2) is 5.75. The molecule has 22 heavy (non-hydrogen) atoms. The third-order valence-electron chi connectivity index (χ3n) is 3.47. The lowest BCUT2D eigenvalue weighted by Gasteiger charge is -2.10. The summed E-state index contributed by atoms with van der Waals surface area (Å²) in [4.78, 5) is 0.150. The first-order valence-corrected chi connectivity index (χ1v) is 8.74. The molecule has 0 unspecified atom stereocenters. The molecule has 0 aliphatic rings. The lowest BCUT2D eigenvalue weighted by atomic mass is 10.3. The zero-order valence-electron chi connectivity index (χ0n) is 13.8. The molecule has 0 fully saturated rings. The molecule has 8 heteroatoms. The van der Waals surface area contributed by atoms with E-state index < -0.39 is 10.0 Å². The van der Waals surface area contributed by atoms with E-state index in [2.05, 4.69) is 14.9 Å². The average Bonchev–Trinajstić information content (AvgIpc) is 2.99. The van der Waals surface area contributed by atoms with Gasteiger partial charge in [-0.05, 0) is 41.5 Å². The van der Waals surface area contributed by atoms with Gasteiger partial charge in [0, 0.05) is 18.3 Å². The van der Waals surface area contributed by atoms with E-state index in [9.17, 15) is 8.42 Å². The highest BCUT2D eigenvalue weighted by molar-refractivity contribution is 7.92. The van der Waals surface area contributed by atoms with Crippen LogP contribution in [0.4, 0.5) is 5.69 Å². The first kappa shape index (κ1) is 16.5. The van der Waals surface area contributed by atoms with Gasteiger partial charge in [-0.25, -0.2) is 8.42 Å². The molecule has 0 amide bonds. The number of nitrogens with zero attached hydrogens (tertiary/aromatic N) is 4. The molecule has 0 bridgehead atoms. The van der Waals surface area contributed by atoms with Gasteiger partial charge in [-0.2, -0.15) is 10.2 Å². The van der Waals surface area contributed by atoms with E-state index in [1.807, 2.05) is 39.3 Å². The summed E-state index contributed by atoms with van der Waals surface area (Å²) >= 11 is 0. The summed E-state index contributed by atoms with van der Waals surface area (Å²) in [5.74, 6) is 0. The predicted molar refractivity (Wildman–Crippen MR) is 85.5 cm³/mol. The van der Waals surface area contributed by atoms with Crippen molar-refractivity contribution in [3.8, 4) is 0 Å². The summed E-state index contributed by atoms with van der Waals surface area (Å²) in [6.45, 7) is 11.5. The van der Waals surface area contributed by atoms with E-state index in [0.29, 0.717) is 11.4 Å². The SMILES string of the molecule is Cc1nn(C(C)C)c(C)c1NS(=O)(=O)c1cnn(C(C)C)c1. The van der Waals surface area contributed by atoms with Crippen molar-refractivity contribution in [1.29, 1.82) is 0 Å². The Balaban J connectivity index is 2.36. The monoisotopic (exact) mass is 325 g/mol. The molecule has 2 heterocycles. The molecule has 0 spiro atoms. The fourth-order valence-corrected chi connectivity index (χ4v) is 3.36. The Morgan fingerprint density at radius 2 is 1.77 bits per heavy atom. The van der Waals surface area contributed by atoms with Crippen molar-refractivity contribution in [2.45, 2.75) is 58.5 Å². The van der Waals surface area contributed by atoms with E-state index in [1.54, 1.807) is 11.6 Å². The van der Waals surface area contributed by atoms with Crippen LogP contribution in [-0.2, 0) is 10.0 Å². The van der Waals surface area contributed by atoms with E-state index in [1.165, 1.54) is 12.4 Å². The number of nitrogens with one attached hydrogen (secondary N) is 1. The van der Waals surface area contributed by atoms with E-state index in [-0.39, 0.29) is 17.0 Å². The zero-order chi connectivity index (χ0) is 16.7. The Morgan fingerprint density at radius 1 is 1.14 bits per heavy atom. The lowest BCUT2D eigenvalue weighted by Crippen LogP contribution is -2.14. The second-order valence-electron chi connectivity index (χ2n) is 5.94. The van der Waals surface area contributed by atoms with Gasteiger partial charge < -0.3 is 0 Å². The minimum atomic E-state index is -3.67. The summed E-state index contributed by atoms with van der Waals surface area (Å²) in [7, 11) is -3.67. The van der Waals surface area contributed by atoms with Crippen molar-refractivity contribution in [3.05, 3.63) is 23.8 Å². The number of sulfonamides is 1. The summed E-state index contributed by atoms with van der Waals surface area (Å²) in [6.07, 6.45) is 2.89. The van der Waals surface area contributed by atoms with Crippen LogP contribution in [0.5, 0.6) is 0 Å². The van der Waals surface area contributed by atoms with Crippen molar-refractivity contribution in [1.82, 2.24) is 19.6 Å². The third kappa shape index (κ3) is 3.01. The van der Waals surface area contributed by atoms with Gasteiger partial charge >= 0.3 is 0 Å². The van der Waals surface area contributed by atoms with Gasteiger partial charge in [0.1, 0.15) is 4.90 Å². The molecular formula is C14H23N5O2S. The fraction of sp³-hybridized carbons (Fsp3) is 0.571. The first-order valence-electron chi connectivity index (χ1n) is 7.26. The van der Waals surface area contributed by atoms with Gasteiger partial charge in [0.25, 0.3) is 10.0 Å². The van der Waals surface area contributed by atoms with Crippen LogP contribution < -0.4 is 4.72 Å². The van der Waals surface area contributed by atoms with E-state index in [4.69, 9.17) is 0 Å². The van der Waals surface area contributed by atoms with Gasteiger partial charge in [0.15, 0.2) is 0 Å². The number of hydrogen-bond acceptors (Lipinski definition) is 4. The Labute approximate surface area is 131 Å². The molecule has 2 aromatic heterocycles. The van der Waals surface area contributed by atoms with Gasteiger partial charge in [-0.3, -0.25) is 14.1 Å². The van der Waals surface area contributed by atoms with Crippen LogP contribution >= 0.6 is 0 Å². The number of aromatic nitrogens is 4. The molecule has 0 saturated carbocycles. The molecule has 0 atom stereocenters. The van der Waals surface area contributed by atoms with Crippen LogP contribution in [0, 0.1) is 13.8 Å². The standard InChI is InChI=1S/C14H23N5O2S/c1-9(2)18-8-13(7-15-18)22(20,21)17-14-11(5)16-19(10(3)4)12(14)6/h7-10,17H,1-6H3. The van der Waals surface area contributed by atoms with Crippen LogP contribution in [0.25, 0.3) is 0 Å². The average molecular weight is 325 g/mol. The molecule has 122 valence electrons. The second-order valence-corrected chi connectivity index (χ2v) is 7.62. The van der Waals surface area contributed by atoms with E-state index in [0.717, 1.165) is 5.69 Å². The largest absolute Gasteiger partial charge is 0.276 e. The maximum absolute atomic E-state index is 12.5. The van der Waals surface area contributed by atoms with Crippen LogP contribution in [0.1, 0.15) is 51.2 Å². The van der Waals surface area contributed by atoms with Crippen LogP contribution in [0.3, 0.4) is 0 Å². The minimum absolute atomic E-state index is 0.108. The number of hydrogen-bond donors (Lipinski definition) is 1. The lowest BCUT2D eigenvalue weighted by molar-refractivity contribution is 0.516. The molecule has 7 nitrogen and oxygen atoms in total. The number of aryl methyl sites for hydroxylation is 1. The van der Waals surface area contributed by atoms with Crippen molar-refractivity contribution < 1.29 is 8.42 Å². The zero-order valence-corrected chi connectivity index (χ0v) is 14.6. The van der Waals surface area contributed by atoms with Crippen molar-refractivity contribution in [3.63, 3.8) is 0 Å². The van der Waals surface area contributed by atoms with Gasteiger partial charge in [-0.1, -0.05) is 0 Å². The fourth-order valence-electron chi connectivity index (χ4n) is 2.25. The quantitative estimate of drug-likeness (QED) is 0.916. The Morgan fingerprint density at radius 3 is 2.23 bits per heavy atom. The van der Waals surface area contributed by atoms with Crippen LogP contribution in [0.15, 0.2) is 17.3 Å². The predicted octanol–water partition coefficient (Wildman–Crippen LogP) is 2.66. The molecule has 0 radical (unpaired) electrons. The number of anilines is 1. The summed E-state index contributed by atoms with van der Waals surface area (Å²) in [6, 6.07) is 0.275. The van der Waals surface area contributed by atoms with Gasteiger partial charge in [0.2, 0.25) is 0 Å². The van der Waals surface area contributed by atoms with Crippen LogP contribution in [-0.4, -0.2) is 28.0 Å². The summed E-state index contributed by atoms with van der Waals surface area (Å²) < 4.78 is 31.1. The molecule has 1 N–H and O–H groups in total. The topological polar surface area (TPSA) is 81.8 Å². The summed E-state index contributed by atoms with van der Waals surface area (Å²) in [5.41, 5.74) is 1.99. The highest BCUT2D eigenvalue weighted by Gasteiger charge is 2.22. The molecule has 0 aliphatic heterocycles. The third-order valence-corrected chi connectivity index (χ3v) is 4.77. The van der Waals surface area contributed by atoms with E-state index >= 15 is 0 Å². The van der Waals surface area contributed by atoms with Crippen molar-refractivity contribution in [2.75, 3.05) is 4.72 Å².